The van der Waals surface area contributed by atoms with Crippen molar-refractivity contribution in [2.24, 2.45) is 0 Å². The standard InChI is InChI=1S/C15H22N4O4S/c1-5-16-14(22)19-12(20)8-23-13(21)7-6-11-9(2)17-15(24-4)18-10(11)3/h5-8H2,1-4H3,(H2,16,19,20,22). The molecule has 2 N–H and O–H groups in total. The van der Waals surface area contributed by atoms with Crippen LogP contribution in [0.5, 0.6) is 0 Å². The average molecular weight is 354 g/mol. The molecule has 0 aromatic carbocycles. The van der Waals surface area contributed by atoms with Crippen LogP contribution in [0.2, 0.25) is 0 Å². The first-order valence-corrected chi connectivity index (χ1v) is 8.71. The Kier molecular flexibility index (Phi) is 8.17. The number of carbonyl (C=O) groups is 3. The molecule has 3 amide bonds. The highest BCUT2D eigenvalue weighted by Gasteiger charge is 2.13. The lowest BCUT2D eigenvalue weighted by molar-refractivity contribution is -0.148. The molecule has 8 nitrogen and oxygen atoms in total. The number of aryl methyl sites for hydroxylation is 2. The molecule has 0 saturated carbocycles. The predicted octanol–water partition coefficient (Wildman–Crippen LogP) is 1.14. The normalized spacial score (nSPS) is 10.2. The second-order valence-electron chi connectivity index (χ2n) is 4.93. The highest BCUT2D eigenvalue weighted by atomic mass is 32.2. The predicted molar refractivity (Wildman–Crippen MR) is 89.8 cm³/mol. The maximum Gasteiger partial charge on any atom is 0.321 e. The van der Waals surface area contributed by atoms with Crippen LogP contribution in [-0.2, 0) is 20.7 Å². The summed E-state index contributed by atoms with van der Waals surface area (Å²) in [5.41, 5.74) is 2.55. The molecule has 0 aliphatic heterocycles. The van der Waals surface area contributed by atoms with Crippen molar-refractivity contribution in [2.45, 2.75) is 38.8 Å². The van der Waals surface area contributed by atoms with Gasteiger partial charge in [0.1, 0.15) is 0 Å². The molecule has 132 valence electrons. The Morgan fingerprint density at radius 2 is 1.79 bits per heavy atom. The fraction of sp³-hybridized carbons (Fsp3) is 0.533. The number of nitrogens with one attached hydrogen (secondary N) is 2. The molecule has 0 atom stereocenters. The Balaban J connectivity index is 2.44. The van der Waals surface area contributed by atoms with E-state index in [4.69, 9.17) is 4.74 Å². The Bertz CT molecular complexity index is 598. The smallest absolute Gasteiger partial charge is 0.321 e. The van der Waals surface area contributed by atoms with Crippen LogP contribution in [0.1, 0.15) is 30.3 Å². The highest BCUT2D eigenvalue weighted by Crippen LogP contribution is 2.17. The van der Waals surface area contributed by atoms with Crippen molar-refractivity contribution in [3.63, 3.8) is 0 Å². The van der Waals surface area contributed by atoms with Crippen molar-refractivity contribution in [1.82, 2.24) is 20.6 Å². The minimum absolute atomic E-state index is 0.109. The van der Waals surface area contributed by atoms with Gasteiger partial charge in [-0.15, -0.1) is 0 Å². The number of hydrogen-bond donors (Lipinski definition) is 2. The van der Waals surface area contributed by atoms with E-state index in [2.05, 4.69) is 20.6 Å². The third-order valence-corrected chi connectivity index (χ3v) is 3.66. The van der Waals surface area contributed by atoms with Gasteiger partial charge in [0.2, 0.25) is 0 Å². The lowest BCUT2D eigenvalue weighted by Crippen LogP contribution is -2.41. The van der Waals surface area contributed by atoms with Crippen LogP contribution in [-0.4, -0.2) is 47.3 Å². The van der Waals surface area contributed by atoms with E-state index in [9.17, 15) is 14.4 Å². The zero-order valence-electron chi connectivity index (χ0n) is 14.3. The van der Waals surface area contributed by atoms with Crippen LogP contribution in [0.4, 0.5) is 4.79 Å². The van der Waals surface area contributed by atoms with Gasteiger partial charge in [0.05, 0.1) is 0 Å². The maximum atomic E-state index is 11.7. The molecule has 0 bridgehead atoms. The van der Waals surface area contributed by atoms with Gasteiger partial charge in [0.25, 0.3) is 5.91 Å². The summed E-state index contributed by atoms with van der Waals surface area (Å²) in [6.07, 6.45) is 2.44. The largest absolute Gasteiger partial charge is 0.456 e. The second-order valence-corrected chi connectivity index (χ2v) is 5.70. The molecule has 1 aromatic rings. The first-order chi connectivity index (χ1) is 11.4. The van der Waals surface area contributed by atoms with Crippen LogP contribution < -0.4 is 10.6 Å². The van der Waals surface area contributed by atoms with E-state index in [1.807, 2.05) is 20.1 Å². The van der Waals surface area contributed by atoms with Gasteiger partial charge in [-0.3, -0.25) is 14.9 Å². The number of nitrogens with zero attached hydrogens (tertiary/aromatic N) is 2. The average Bonchev–Trinajstić information content (AvgIpc) is 2.52. The number of urea groups is 1. The molecule has 9 heteroatoms. The van der Waals surface area contributed by atoms with Crippen molar-refractivity contribution in [2.75, 3.05) is 19.4 Å². The third-order valence-electron chi connectivity index (χ3n) is 3.12. The van der Waals surface area contributed by atoms with Crippen LogP contribution >= 0.6 is 11.8 Å². The van der Waals surface area contributed by atoms with Gasteiger partial charge in [-0.25, -0.2) is 14.8 Å². The van der Waals surface area contributed by atoms with Crippen molar-refractivity contribution >= 4 is 29.7 Å². The Morgan fingerprint density at radius 1 is 1.17 bits per heavy atom. The van der Waals surface area contributed by atoms with Gasteiger partial charge >= 0.3 is 12.0 Å². The summed E-state index contributed by atoms with van der Waals surface area (Å²) in [7, 11) is 0. The Morgan fingerprint density at radius 3 is 2.33 bits per heavy atom. The van der Waals surface area contributed by atoms with Crippen molar-refractivity contribution < 1.29 is 19.1 Å². The van der Waals surface area contributed by atoms with Crippen molar-refractivity contribution in [3.8, 4) is 0 Å². The minimum Gasteiger partial charge on any atom is -0.456 e. The first-order valence-electron chi connectivity index (χ1n) is 7.48. The zero-order chi connectivity index (χ0) is 18.1. The van der Waals surface area contributed by atoms with Crippen molar-refractivity contribution in [3.05, 3.63) is 17.0 Å². The Hall–Kier alpha value is -2.16. The third kappa shape index (κ3) is 6.53. The molecule has 0 radical (unpaired) electrons. The zero-order valence-corrected chi connectivity index (χ0v) is 15.1. The van der Waals surface area contributed by atoms with Gasteiger partial charge in [-0.05, 0) is 39.0 Å². The molecule has 1 rings (SSSR count). The van der Waals surface area contributed by atoms with Gasteiger partial charge < -0.3 is 10.1 Å². The van der Waals surface area contributed by atoms with E-state index in [1.165, 1.54) is 11.8 Å². The summed E-state index contributed by atoms with van der Waals surface area (Å²) < 4.78 is 4.85. The summed E-state index contributed by atoms with van der Waals surface area (Å²) in [6.45, 7) is 5.37. The number of amides is 3. The fourth-order valence-corrected chi connectivity index (χ4v) is 2.43. The van der Waals surface area contributed by atoms with E-state index < -0.39 is 24.5 Å². The number of esters is 1. The van der Waals surface area contributed by atoms with Crippen LogP contribution in [0.15, 0.2) is 5.16 Å². The SMILES string of the molecule is CCNC(=O)NC(=O)COC(=O)CCc1c(C)nc(SC)nc1C. The van der Waals surface area contributed by atoms with Crippen LogP contribution in [0.3, 0.4) is 0 Å². The monoisotopic (exact) mass is 354 g/mol. The molecule has 0 aliphatic carbocycles. The van der Waals surface area contributed by atoms with Gasteiger partial charge in [-0.2, -0.15) is 0 Å². The maximum absolute atomic E-state index is 11.7. The molecular weight excluding hydrogens is 332 g/mol. The summed E-state index contributed by atoms with van der Waals surface area (Å²) >= 11 is 1.46. The van der Waals surface area contributed by atoms with E-state index in [-0.39, 0.29) is 6.42 Å². The van der Waals surface area contributed by atoms with E-state index in [0.717, 1.165) is 17.0 Å². The van der Waals surface area contributed by atoms with Crippen LogP contribution in [0.25, 0.3) is 0 Å². The molecule has 0 unspecified atom stereocenters. The number of ether oxygens (including phenoxy) is 1. The molecule has 1 heterocycles. The highest BCUT2D eigenvalue weighted by molar-refractivity contribution is 7.98. The van der Waals surface area contributed by atoms with Gasteiger partial charge in [0.15, 0.2) is 11.8 Å². The quantitative estimate of drug-likeness (QED) is 0.429. The fourth-order valence-electron chi connectivity index (χ4n) is 1.97. The number of rotatable bonds is 7. The summed E-state index contributed by atoms with van der Waals surface area (Å²) in [4.78, 5) is 43.0. The van der Waals surface area contributed by atoms with E-state index >= 15 is 0 Å². The van der Waals surface area contributed by atoms with E-state index in [0.29, 0.717) is 18.1 Å². The lowest BCUT2D eigenvalue weighted by Gasteiger charge is -2.10. The molecule has 0 aliphatic rings. The minimum atomic E-state index is -0.672. The summed E-state index contributed by atoms with van der Waals surface area (Å²) in [5.74, 6) is -1.19. The summed E-state index contributed by atoms with van der Waals surface area (Å²) in [6, 6.07) is -0.615. The number of aromatic nitrogens is 2. The molecule has 0 saturated heterocycles. The number of carbonyl (C=O) groups excluding carboxylic acids is 3. The Labute approximate surface area is 145 Å². The first kappa shape index (κ1) is 19.9. The molecular formula is C15H22N4O4S. The molecule has 1 aromatic heterocycles. The second kappa shape index (κ2) is 9.86. The molecule has 24 heavy (non-hydrogen) atoms. The molecule has 0 fully saturated rings. The van der Waals surface area contributed by atoms with E-state index in [1.54, 1.807) is 6.92 Å². The molecule has 0 spiro atoms. The lowest BCUT2D eigenvalue weighted by atomic mass is 10.1. The van der Waals surface area contributed by atoms with Crippen molar-refractivity contribution in [1.29, 1.82) is 0 Å². The van der Waals surface area contributed by atoms with Gasteiger partial charge in [-0.1, -0.05) is 11.8 Å². The summed E-state index contributed by atoms with van der Waals surface area (Å²) in [5, 5.41) is 5.15. The van der Waals surface area contributed by atoms with Gasteiger partial charge in [0, 0.05) is 24.4 Å². The number of imide groups is 1. The topological polar surface area (TPSA) is 110 Å². The number of thioether (sulfide) groups is 1. The van der Waals surface area contributed by atoms with Crippen LogP contribution in [0, 0.1) is 13.8 Å². The number of hydrogen-bond acceptors (Lipinski definition) is 7.